The van der Waals surface area contributed by atoms with E-state index in [-0.39, 0.29) is 17.3 Å². The third kappa shape index (κ3) is 3.82. The number of piperazine rings is 1. The third-order valence-electron chi connectivity index (χ3n) is 5.56. The molecule has 3 heterocycles. The van der Waals surface area contributed by atoms with E-state index in [1.165, 1.54) is 18.5 Å². The molecule has 0 bridgehead atoms. The number of fused-ring (bicyclic) bond motifs is 1. The molecule has 0 aliphatic carbocycles. The zero-order chi connectivity index (χ0) is 22.1. The van der Waals surface area contributed by atoms with E-state index in [1.807, 2.05) is 12.1 Å². The smallest absolute Gasteiger partial charge is 0.349 e. The Morgan fingerprint density at radius 3 is 2.47 bits per heavy atom. The van der Waals surface area contributed by atoms with Crippen LogP contribution in [0.5, 0.6) is 0 Å². The van der Waals surface area contributed by atoms with Crippen molar-refractivity contribution in [3.8, 4) is 11.3 Å². The van der Waals surface area contributed by atoms with Crippen LogP contribution in [0.1, 0.15) is 10.4 Å². The molecule has 1 fully saturated rings. The fraction of sp³-hybridized carbons (Fsp3) is 0.167. The first-order chi connectivity index (χ1) is 15.6. The Morgan fingerprint density at radius 2 is 1.69 bits per heavy atom. The maximum Gasteiger partial charge on any atom is 0.349 e. The molecule has 0 spiro atoms. The van der Waals surface area contributed by atoms with Gasteiger partial charge in [-0.15, -0.1) is 0 Å². The molecule has 1 aliphatic heterocycles. The van der Waals surface area contributed by atoms with Crippen molar-refractivity contribution in [3.05, 3.63) is 88.8 Å². The summed E-state index contributed by atoms with van der Waals surface area (Å²) in [5, 5.41) is 0.711. The summed E-state index contributed by atoms with van der Waals surface area (Å²) < 4.78 is 18.5. The van der Waals surface area contributed by atoms with Crippen molar-refractivity contribution >= 4 is 22.7 Å². The zero-order valence-electron chi connectivity index (χ0n) is 17.1. The SMILES string of the molecule is O=C(c1cc2ccccc2oc1=O)N1CCN(c2cc(-c3ccc(F)cc3)ncn2)CC1. The van der Waals surface area contributed by atoms with E-state index in [2.05, 4.69) is 14.9 Å². The van der Waals surface area contributed by atoms with Gasteiger partial charge >= 0.3 is 5.63 Å². The summed E-state index contributed by atoms with van der Waals surface area (Å²) in [6.45, 7) is 2.01. The quantitative estimate of drug-likeness (QED) is 0.464. The molecule has 2 aromatic heterocycles. The number of anilines is 1. The van der Waals surface area contributed by atoms with E-state index in [0.29, 0.717) is 42.8 Å². The first-order valence-electron chi connectivity index (χ1n) is 10.2. The number of halogens is 1. The Balaban J connectivity index is 1.31. The van der Waals surface area contributed by atoms with E-state index in [4.69, 9.17) is 4.42 Å². The number of rotatable bonds is 3. The second-order valence-electron chi connectivity index (χ2n) is 7.53. The number of nitrogens with zero attached hydrogens (tertiary/aromatic N) is 4. The maximum absolute atomic E-state index is 13.2. The third-order valence-corrected chi connectivity index (χ3v) is 5.56. The van der Waals surface area contributed by atoms with Crippen molar-refractivity contribution in [2.75, 3.05) is 31.1 Å². The molecule has 0 N–H and O–H groups in total. The fourth-order valence-electron chi connectivity index (χ4n) is 3.82. The van der Waals surface area contributed by atoms with Crippen LogP contribution in [-0.4, -0.2) is 47.0 Å². The molecule has 1 saturated heterocycles. The Labute approximate surface area is 182 Å². The van der Waals surface area contributed by atoms with Crippen LogP contribution in [0.4, 0.5) is 10.2 Å². The van der Waals surface area contributed by atoms with Gasteiger partial charge in [0.05, 0.1) is 5.69 Å². The number of aromatic nitrogens is 2. The van der Waals surface area contributed by atoms with Crippen molar-refractivity contribution in [2.45, 2.75) is 0 Å². The molecule has 32 heavy (non-hydrogen) atoms. The van der Waals surface area contributed by atoms with Crippen LogP contribution in [0.25, 0.3) is 22.2 Å². The second-order valence-corrected chi connectivity index (χ2v) is 7.53. The number of carbonyl (C=O) groups is 1. The summed E-state index contributed by atoms with van der Waals surface area (Å²) in [5.41, 5.74) is 1.36. The average Bonchev–Trinajstić information content (AvgIpc) is 2.84. The monoisotopic (exact) mass is 430 g/mol. The molecule has 0 saturated carbocycles. The Kier molecular flexibility index (Phi) is 5.10. The molecule has 1 amide bonds. The van der Waals surface area contributed by atoms with Gasteiger partial charge in [0.1, 0.15) is 29.1 Å². The summed E-state index contributed by atoms with van der Waals surface area (Å²) in [4.78, 5) is 37.6. The largest absolute Gasteiger partial charge is 0.422 e. The van der Waals surface area contributed by atoms with Gasteiger partial charge in [-0.3, -0.25) is 4.79 Å². The van der Waals surface area contributed by atoms with Gasteiger partial charge in [-0.05, 0) is 36.4 Å². The molecule has 2 aromatic carbocycles. The standard InChI is InChI=1S/C24H19FN4O3/c25-18-7-5-16(6-8-18)20-14-22(27-15-26-20)28-9-11-29(12-10-28)23(30)19-13-17-3-1-2-4-21(17)32-24(19)31/h1-8,13-15H,9-12H2. The highest BCUT2D eigenvalue weighted by Crippen LogP contribution is 2.22. The van der Waals surface area contributed by atoms with Gasteiger partial charge in [0.15, 0.2) is 0 Å². The van der Waals surface area contributed by atoms with Crippen LogP contribution in [0.3, 0.4) is 0 Å². The Bertz CT molecular complexity index is 1350. The zero-order valence-corrected chi connectivity index (χ0v) is 17.1. The Hall–Kier alpha value is -4.07. The van der Waals surface area contributed by atoms with Crippen LogP contribution < -0.4 is 10.5 Å². The van der Waals surface area contributed by atoms with Crippen molar-refractivity contribution in [1.82, 2.24) is 14.9 Å². The predicted octanol–water partition coefficient (Wildman–Crippen LogP) is 3.35. The average molecular weight is 430 g/mol. The van der Waals surface area contributed by atoms with Crippen LogP contribution in [0.2, 0.25) is 0 Å². The second kappa shape index (κ2) is 8.22. The van der Waals surface area contributed by atoms with Crippen molar-refractivity contribution in [3.63, 3.8) is 0 Å². The van der Waals surface area contributed by atoms with Crippen molar-refractivity contribution in [2.24, 2.45) is 0 Å². The topological polar surface area (TPSA) is 79.5 Å². The van der Waals surface area contributed by atoms with Crippen molar-refractivity contribution < 1.29 is 13.6 Å². The summed E-state index contributed by atoms with van der Waals surface area (Å²) in [7, 11) is 0. The summed E-state index contributed by atoms with van der Waals surface area (Å²) >= 11 is 0. The van der Waals surface area contributed by atoms with Gasteiger partial charge in [0.25, 0.3) is 5.91 Å². The van der Waals surface area contributed by atoms with Gasteiger partial charge in [-0.1, -0.05) is 18.2 Å². The normalized spacial score (nSPS) is 14.0. The predicted molar refractivity (Wildman–Crippen MR) is 118 cm³/mol. The maximum atomic E-state index is 13.2. The number of hydrogen-bond acceptors (Lipinski definition) is 6. The molecule has 160 valence electrons. The number of para-hydroxylation sites is 1. The van der Waals surface area contributed by atoms with Gasteiger partial charge in [-0.25, -0.2) is 19.2 Å². The summed E-state index contributed by atoms with van der Waals surface area (Å²) in [6, 6.07) is 16.7. The number of amides is 1. The van der Waals surface area contributed by atoms with Gasteiger partial charge in [0, 0.05) is 43.2 Å². The lowest BCUT2D eigenvalue weighted by atomic mass is 10.1. The number of benzene rings is 2. The highest BCUT2D eigenvalue weighted by atomic mass is 19.1. The van der Waals surface area contributed by atoms with Crippen LogP contribution >= 0.6 is 0 Å². The first kappa shape index (κ1) is 19.9. The molecule has 0 atom stereocenters. The Morgan fingerprint density at radius 1 is 0.938 bits per heavy atom. The fourth-order valence-corrected chi connectivity index (χ4v) is 3.82. The van der Waals surface area contributed by atoms with Gasteiger partial charge in [-0.2, -0.15) is 0 Å². The molecule has 7 nitrogen and oxygen atoms in total. The molecule has 5 rings (SSSR count). The van der Waals surface area contributed by atoms with Crippen molar-refractivity contribution in [1.29, 1.82) is 0 Å². The minimum atomic E-state index is -0.629. The van der Waals surface area contributed by atoms with Crippen LogP contribution in [-0.2, 0) is 0 Å². The number of carbonyl (C=O) groups excluding carboxylic acids is 1. The summed E-state index contributed by atoms with van der Waals surface area (Å²) in [5.74, 6) is 0.0970. The molecule has 8 heteroatoms. The highest BCUT2D eigenvalue weighted by molar-refractivity contribution is 5.96. The molecule has 4 aromatic rings. The summed E-state index contributed by atoms with van der Waals surface area (Å²) in [6.07, 6.45) is 1.48. The minimum absolute atomic E-state index is 0.0396. The molecule has 1 aliphatic rings. The molecular weight excluding hydrogens is 411 g/mol. The molecular formula is C24H19FN4O3. The van der Waals surface area contributed by atoms with E-state index >= 15 is 0 Å². The van der Waals surface area contributed by atoms with Crippen LogP contribution in [0, 0.1) is 5.82 Å². The van der Waals surface area contributed by atoms with Gasteiger partial charge < -0.3 is 14.2 Å². The minimum Gasteiger partial charge on any atom is -0.422 e. The molecule has 0 unspecified atom stereocenters. The van der Waals surface area contributed by atoms with E-state index < -0.39 is 5.63 Å². The lowest BCUT2D eigenvalue weighted by Crippen LogP contribution is -2.49. The lowest BCUT2D eigenvalue weighted by Gasteiger charge is -2.35. The first-order valence-corrected chi connectivity index (χ1v) is 10.2. The lowest BCUT2D eigenvalue weighted by molar-refractivity contribution is 0.0742. The highest BCUT2D eigenvalue weighted by Gasteiger charge is 2.25. The number of hydrogen-bond donors (Lipinski definition) is 0. The molecule has 0 radical (unpaired) electrons. The van der Waals surface area contributed by atoms with Gasteiger partial charge in [0.2, 0.25) is 0 Å². The van der Waals surface area contributed by atoms with E-state index in [1.54, 1.807) is 41.3 Å². The van der Waals surface area contributed by atoms with E-state index in [0.717, 1.165) is 11.4 Å². The van der Waals surface area contributed by atoms with Crippen LogP contribution in [0.15, 0.2) is 76.2 Å². The van der Waals surface area contributed by atoms with E-state index in [9.17, 15) is 14.0 Å².